The Hall–Kier alpha value is -1.09. The van der Waals surface area contributed by atoms with Crippen molar-refractivity contribution in [2.24, 2.45) is 0 Å². The standard InChI is InChI=1S/C10H14N2O.C2H6/c1-9-2-3-11-10(8-9)12-4-6-13-7-5-12;1-2/h2-3,8H,4-7H2,1H3;1-2H3. The Kier molecular flexibility index (Phi) is 5.12. The summed E-state index contributed by atoms with van der Waals surface area (Å²) >= 11 is 0. The molecular weight excluding hydrogens is 188 g/mol. The maximum atomic E-state index is 5.28. The molecule has 1 aliphatic heterocycles. The molecule has 0 unspecified atom stereocenters. The summed E-state index contributed by atoms with van der Waals surface area (Å²) in [7, 11) is 0. The number of aromatic nitrogens is 1. The molecule has 1 saturated heterocycles. The van der Waals surface area contributed by atoms with Gasteiger partial charge in [0.25, 0.3) is 0 Å². The normalized spacial score (nSPS) is 15.5. The van der Waals surface area contributed by atoms with E-state index in [9.17, 15) is 0 Å². The first-order valence-corrected chi connectivity index (χ1v) is 5.61. The Morgan fingerprint density at radius 3 is 2.53 bits per heavy atom. The molecule has 1 aromatic heterocycles. The largest absolute Gasteiger partial charge is 0.378 e. The van der Waals surface area contributed by atoms with Crippen LogP contribution in [0.2, 0.25) is 0 Å². The first-order chi connectivity index (χ1) is 7.36. The second-order valence-electron chi connectivity index (χ2n) is 3.29. The number of hydrogen-bond acceptors (Lipinski definition) is 3. The van der Waals surface area contributed by atoms with E-state index in [-0.39, 0.29) is 0 Å². The van der Waals surface area contributed by atoms with Crippen molar-refractivity contribution in [1.82, 2.24) is 4.98 Å². The van der Waals surface area contributed by atoms with Gasteiger partial charge in [-0.3, -0.25) is 0 Å². The average Bonchev–Trinajstić information content (AvgIpc) is 2.33. The summed E-state index contributed by atoms with van der Waals surface area (Å²) in [4.78, 5) is 6.59. The van der Waals surface area contributed by atoms with Crippen molar-refractivity contribution >= 4 is 5.82 Å². The van der Waals surface area contributed by atoms with Crippen molar-refractivity contribution in [1.29, 1.82) is 0 Å². The maximum Gasteiger partial charge on any atom is 0.128 e. The van der Waals surface area contributed by atoms with Crippen LogP contribution in [0.15, 0.2) is 18.3 Å². The molecule has 3 nitrogen and oxygen atoms in total. The zero-order chi connectivity index (χ0) is 11.1. The molecule has 0 atom stereocenters. The second-order valence-corrected chi connectivity index (χ2v) is 3.29. The molecule has 0 amide bonds. The Labute approximate surface area is 92.1 Å². The molecule has 0 N–H and O–H groups in total. The number of anilines is 1. The number of aryl methyl sites for hydroxylation is 1. The monoisotopic (exact) mass is 208 g/mol. The van der Waals surface area contributed by atoms with Crippen molar-refractivity contribution in [3.8, 4) is 0 Å². The lowest BCUT2D eigenvalue weighted by Crippen LogP contribution is -2.36. The predicted octanol–water partition coefficient (Wildman–Crippen LogP) is 2.25. The van der Waals surface area contributed by atoms with Gasteiger partial charge in [0.2, 0.25) is 0 Å². The van der Waals surface area contributed by atoms with Crippen LogP contribution in [0.4, 0.5) is 5.82 Å². The summed E-state index contributed by atoms with van der Waals surface area (Å²) in [5.41, 5.74) is 1.26. The molecule has 15 heavy (non-hydrogen) atoms. The molecule has 0 aromatic carbocycles. The molecule has 2 heterocycles. The lowest BCUT2D eigenvalue weighted by Gasteiger charge is -2.27. The number of nitrogens with zero attached hydrogens (tertiary/aromatic N) is 2. The second kappa shape index (κ2) is 6.40. The highest BCUT2D eigenvalue weighted by Gasteiger charge is 2.11. The van der Waals surface area contributed by atoms with E-state index in [4.69, 9.17) is 4.74 Å². The van der Waals surface area contributed by atoms with Crippen molar-refractivity contribution in [2.45, 2.75) is 20.8 Å². The highest BCUT2D eigenvalue weighted by atomic mass is 16.5. The SMILES string of the molecule is CC.Cc1ccnc(N2CCOCC2)c1. The first kappa shape index (κ1) is 12.0. The van der Waals surface area contributed by atoms with Crippen molar-refractivity contribution in [3.63, 3.8) is 0 Å². The molecule has 0 spiro atoms. The summed E-state index contributed by atoms with van der Waals surface area (Å²) in [6.45, 7) is 9.63. The fourth-order valence-electron chi connectivity index (χ4n) is 1.49. The van der Waals surface area contributed by atoms with E-state index in [1.54, 1.807) is 0 Å². The van der Waals surface area contributed by atoms with Gasteiger partial charge in [0.15, 0.2) is 0 Å². The summed E-state index contributed by atoms with van der Waals surface area (Å²) < 4.78 is 5.28. The van der Waals surface area contributed by atoms with E-state index in [2.05, 4.69) is 22.9 Å². The van der Waals surface area contributed by atoms with Crippen LogP contribution in [0.25, 0.3) is 0 Å². The van der Waals surface area contributed by atoms with Gasteiger partial charge in [-0.15, -0.1) is 0 Å². The van der Waals surface area contributed by atoms with E-state index in [0.29, 0.717) is 0 Å². The third kappa shape index (κ3) is 3.51. The Bertz CT molecular complexity index is 283. The topological polar surface area (TPSA) is 25.4 Å². The molecule has 1 aliphatic rings. The fraction of sp³-hybridized carbons (Fsp3) is 0.583. The highest BCUT2D eigenvalue weighted by Crippen LogP contribution is 2.13. The zero-order valence-corrected chi connectivity index (χ0v) is 9.86. The van der Waals surface area contributed by atoms with Crippen LogP contribution in [0, 0.1) is 6.92 Å². The molecule has 0 aliphatic carbocycles. The number of pyridine rings is 1. The minimum absolute atomic E-state index is 0.815. The molecule has 0 saturated carbocycles. The van der Waals surface area contributed by atoms with Gasteiger partial charge < -0.3 is 9.64 Å². The van der Waals surface area contributed by atoms with Gasteiger partial charge in [-0.05, 0) is 24.6 Å². The smallest absolute Gasteiger partial charge is 0.128 e. The Morgan fingerprint density at radius 1 is 1.27 bits per heavy atom. The van der Waals surface area contributed by atoms with Crippen LogP contribution in [0.3, 0.4) is 0 Å². The number of hydrogen-bond donors (Lipinski definition) is 0. The molecule has 1 aromatic rings. The minimum Gasteiger partial charge on any atom is -0.378 e. The summed E-state index contributed by atoms with van der Waals surface area (Å²) in [6, 6.07) is 4.13. The van der Waals surface area contributed by atoms with E-state index in [0.717, 1.165) is 32.1 Å². The van der Waals surface area contributed by atoms with Gasteiger partial charge in [-0.25, -0.2) is 4.98 Å². The van der Waals surface area contributed by atoms with Crippen LogP contribution in [-0.2, 0) is 4.74 Å². The Balaban J connectivity index is 0.000000531. The maximum absolute atomic E-state index is 5.28. The number of ether oxygens (including phenoxy) is 1. The van der Waals surface area contributed by atoms with Crippen LogP contribution in [0.5, 0.6) is 0 Å². The third-order valence-electron chi connectivity index (χ3n) is 2.24. The quantitative estimate of drug-likeness (QED) is 0.708. The van der Waals surface area contributed by atoms with Crippen molar-refractivity contribution in [2.75, 3.05) is 31.2 Å². The molecule has 1 fully saturated rings. The van der Waals surface area contributed by atoms with Crippen LogP contribution in [0.1, 0.15) is 19.4 Å². The summed E-state index contributed by atoms with van der Waals surface area (Å²) in [6.07, 6.45) is 1.86. The van der Waals surface area contributed by atoms with Crippen molar-refractivity contribution < 1.29 is 4.74 Å². The molecule has 84 valence electrons. The fourth-order valence-corrected chi connectivity index (χ4v) is 1.49. The Morgan fingerprint density at radius 2 is 1.93 bits per heavy atom. The lowest BCUT2D eigenvalue weighted by atomic mass is 10.3. The predicted molar refractivity (Wildman–Crippen MR) is 63.4 cm³/mol. The summed E-state index contributed by atoms with van der Waals surface area (Å²) in [5.74, 6) is 1.07. The summed E-state index contributed by atoms with van der Waals surface area (Å²) in [5, 5.41) is 0. The molecule has 3 heteroatoms. The number of rotatable bonds is 1. The molecular formula is C12H20N2O. The van der Waals surface area contributed by atoms with E-state index in [1.807, 2.05) is 26.1 Å². The lowest BCUT2D eigenvalue weighted by molar-refractivity contribution is 0.122. The average molecular weight is 208 g/mol. The van der Waals surface area contributed by atoms with Crippen molar-refractivity contribution in [3.05, 3.63) is 23.9 Å². The van der Waals surface area contributed by atoms with Gasteiger partial charge >= 0.3 is 0 Å². The zero-order valence-electron chi connectivity index (χ0n) is 9.86. The van der Waals surface area contributed by atoms with E-state index >= 15 is 0 Å². The third-order valence-corrected chi connectivity index (χ3v) is 2.24. The van der Waals surface area contributed by atoms with Crippen LogP contribution < -0.4 is 4.90 Å². The van der Waals surface area contributed by atoms with Gasteiger partial charge in [-0.2, -0.15) is 0 Å². The minimum atomic E-state index is 0.815. The highest BCUT2D eigenvalue weighted by molar-refractivity contribution is 5.40. The van der Waals surface area contributed by atoms with Gasteiger partial charge in [0.1, 0.15) is 5.82 Å². The van der Waals surface area contributed by atoms with Gasteiger partial charge in [-0.1, -0.05) is 13.8 Å². The van der Waals surface area contributed by atoms with Crippen LogP contribution in [-0.4, -0.2) is 31.3 Å². The van der Waals surface area contributed by atoms with E-state index < -0.39 is 0 Å². The first-order valence-electron chi connectivity index (χ1n) is 5.61. The van der Waals surface area contributed by atoms with Gasteiger partial charge in [0, 0.05) is 19.3 Å². The van der Waals surface area contributed by atoms with Crippen LogP contribution >= 0.6 is 0 Å². The number of morpholine rings is 1. The molecule has 2 rings (SSSR count). The molecule has 0 bridgehead atoms. The molecule has 0 radical (unpaired) electrons. The van der Waals surface area contributed by atoms with Gasteiger partial charge in [0.05, 0.1) is 13.2 Å². The van der Waals surface area contributed by atoms with E-state index in [1.165, 1.54) is 5.56 Å².